The zero-order chi connectivity index (χ0) is 27.4. The van der Waals surface area contributed by atoms with Gasteiger partial charge >= 0.3 is 12.1 Å². The minimum Gasteiger partial charge on any atom is -0.494 e. The first kappa shape index (κ1) is 28.5. The van der Waals surface area contributed by atoms with E-state index in [1.807, 2.05) is 0 Å². The highest BCUT2D eigenvalue weighted by molar-refractivity contribution is 7.89. The van der Waals surface area contributed by atoms with Crippen LogP contribution in [0.25, 0.3) is 0 Å². The molecule has 1 N–H and O–H groups in total. The highest BCUT2D eigenvalue weighted by atomic mass is 32.2. The zero-order valence-electron chi connectivity index (χ0n) is 20.5. The van der Waals surface area contributed by atoms with Gasteiger partial charge in [-0.05, 0) is 61.4 Å². The second kappa shape index (κ2) is 11.1. The summed E-state index contributed by atoms with van der Waals surface area (Å²) in [5.74, 6) is -0.957. The first-order chi connectivity index (χ1) is 17.2. The topological polar surface area (TPSA) is 104 Å². The largest absolute Gasteiger partial charge is 0.494 e. The van der Waals surface area contributed by atoms with E-state index in [1.165, 1.54) is 40.7 Å². The SMILES string of the molecule is CC(C)(CCCOc1ccc(C(F)(F)F)cc1)C(=O)N1CCN(S(=O)(=O)c2ccc(C(=O)O)cc2)CC1. The molecule has 2 aromatic carbocycles. The molecule has 0 saturated carbocycles. The molecule has 12 heteroatoms. The molecule has 202 valence electrons. The van der Waals surface area contributed by atoms with Crippen LogP contribution in [-0.4, -0.2) is 67.4 Å². The molecule has 0 aromatic heterocycles. The Hall–Kier alpha value is -3.12. The van der Waals surface area contributed by atoms with Crippen molar-refractivity contribution in [3.05, 3.63) is 59.7 Å². The molecule has 0 spiro atoms. The summed E-state index contributed by atoms with van der Waals surface area (Å²) in [6.07, 6.45) is -3.44. The number of alkyl halides is 3. The summed E-state index contributed by atoms with van der Waals surface area (Å²) in [5.41, 5.74) is -1.51. The number of benzene rings is 2. The first-order valence-corrected chi connectivity index (χ1v) is 13.1. The molecule has 1 saturated heterocycles. The van der Waals surface area contributed by atoms with Crippen LogP contribution in [0, 0.1) is 5.41 Å². The van der Waals surface area contributed by atoms with Crippen LogP contribution in [0.1, 0.15) is 42.6 Å². The second-order valence-electron chi connectivity index (χ2n) is 9.38. The third kappa shape index (κ3) is 7.01. The number of carboxylic acids is 1. The van der Waals surface area contributed by atoms with E-state index >= 15 is 0 Å². The van der Waals surface area contributed by atoms with Crippen molar-refractivity contribution in [2.75, 3.05) is 32.8 Å². The van der Waals surface area contributed by atoms with E-state index in [9.17, 15) is 31.2 Å². The first-order valence-electron chi connectivity index (χ1n) is 11.6. The van der Waals surface area contributed by atoms with Crippen molar-refractivity contribution >= 4 is 21.9 Å². The quantitative estimate of drug-likeness (QED) is 0.478. The molecule has 1 amide bonds. The Bertz CT molecular complexity index is 1200. The predicted molar refractivity (Wildman–Crippen MR) is 129 cm³/mol. The number of aromatic carboxylic acids is 1. The van der Waals surface area contributed by atoms with Crippen LogP contribution in [0.3, 0.4) is 0 Å². The summed E-state index contributed by atoms with van der Waals surface area (Å²) in [7, 11) is -3.82. The fourth-order valence-corrected chi connectivity index (χ4v) is 5.45. The number of rotatable bonds is 9. The molecule has 3 rings (SSSR count). The van der Waals surface area contributed by atoms with Crippen LogP contribution in [0.2, 0.25) is 0 Å². The summed E-state index contributed by atoms with van der Waals surface area (Å²) >= 11 is 0. The van der Waals surface area contributed by atoms with Crippen molar-refractivity contribution < 1.29 is 41.0 Å². The van der Waals surface area contributed by atoms with Gasteiger partial charge in [-0.1, -0.05) is 13.8 Å². The van der Waals surface area contributed by atoms with E-state index in [1.54, 1.807) is 18.7 Å². The fraction of sp³-hybridized carbons (Fsp3) is 0.440. The number of hydrogen-bond acceptors (Lipinski definition) is 5. The Morgan fingerprint density at radius 1 is 0.946 bits per heavy atom. The van der Waals surface area contributed by atoms with Gasteiger partial charge in [-0.15, -0.1) is 0 Å². The molecule has 1 fully saturated rings. The van der Waals surface area contributed by atoms with Gasteiger partial charge in [0.1, 0.15) is 5.75 Å². The van der Waals surface area contributed by atoms with Crippen LogP contribution in [0.4, 0.5) is 13.2 Å². The molecule has 2 aromatic rings. The number of amides is 1. The number of carbonyl (C=O) groups excluding carboxylic acids is 1. The van der Waals surface area contributed by atoms with Gasteiger partial charge in [0.2, 0.25) is 15.9 Å². The molecular formula is C25H29F3N2O6S. The monoisotopic (exact) mass is 542 g/mol. The van der Waals surface area contributed by atoms with Gasteiger partial charge in [0.05, 0.1) is 22.6 Å². The lowest BCUT2D eigenvalue weighted by Gasteiger charge is -2.38. The Labute approximate surface area is 213 Å². The van der Waals surface area contributed by atoms with Gasteiger partial charge in [0, 0.05) is 31.6 Å². The number of sulfonamides is 1. The van der Waals surface area contributed by atoms with E-state index in [0.29, 0.717) is 18.6 Å². The molecule has 1 aliphatic heterocycles. The molecule has 0 aliphatic carbocycles. The maximum atomic E-state index is 13.1. The van der Waals surface area contributed by atoms with Crippen molar-refractivity contribution in [3.8, 4) is 5.75 Å². The lowest BCUT2D eigenvalue weighted by molar-refractivity contribution is -0.142. The standard InChI is InChI=1S/C25H29F3N2O6S/c1-24(2,12-3-17-36-20-8-6-19(7-9-20)25(26,27)28)23(33)29-13-15-30(16-14-29)37(34,35)21-10-4-18(5-11-21)22(31)32/h4-11H,3,12-17H2,1-2H3,(H,31,32). The van der Waals surface area contributed by atoms with Gasteiger partial charge < -0.3 is 14.7 Å². The molecule has 0 atom stereocenters. The van der Waals surface area contributed by atoms with Crippen molar-refractivity contribution in [1.82, 2.24) is 9.21 Å². The number of carboxylic acid groups (broad SMARTS) is 1. The van der Waals surface area contributed by atoms with Crippen molar-refractivity contribution in [3.63, 3.8) is 0 Å². The summed E-state index contributed by atoms with van der Waals surface area (Å²) in [5, 5.41) is 8.99. The minimum atomic E-state index is -4.41. The molecule has 0 radical (unpaired) electrons. The molecule has 0 bridgehead atoms. The summed E-state index contributed by atoms with van der Waals surface area (Å²) in [4.78, 5) is 25.7. The van der Waals surface area contributed by atoms with E-state index in [-0.39, 0.29) is 49.2 Å². The predicted octanol–water partition coefficient (Wildman–Crippen LogP) is 4.12. The average molecular weight is 543 g/mol. The average Bonchev–Trinajstić information content (AvgIpc) is 2.86. The second-order valence-corrected chi connectivity index (χ2v) is 11.3. The van der Waals surface area contributed by atoms with Crippen LogP contribution >= 0.6 is 0 Å². The minimum absolute atomic E-state index is 0.00866. The van der Waals surface area contributed by atoms with Crippen molar-refractivity contribution in [2.45, 2.75) is 37.8 Å². The van der Waals surface area contributed by atoms with Crippen LogP contribution < -0.4 is 4.74 Å². The maximum Gasteiger partial charge on any atom is 0.416 e. The number of piperazine rings is 1. The Morgan fingerprint density at radius 2 is 1.51 bits per heavy atom. The Kier molecular flexibility index (Phi) is 8.53. The number of carbonyl (C=O) groups is 2. The number of ether oxygens (including phenoxy) is 1. The lowest BCUT2D eigenvalue weighted by atomic mass is 9.86. The normalized spacial score (nSPS) is 15.4. The van der Waals surface area contributed by atoms with Gasteiger partial charge in [0.25, 0.3) is 0 Å². The van der Waals surface area contributed by atoms with Crippen LogP contribution in [0.5, 0.6) is 5.75 Å². The number of nitrogens with zero attached hydrogens (tertiary/aromatic N) is 2. The van der Waals surface area contributed by atoms with E-state index in [0.717, 1.165) is 12.1 Å². The Balaban J connectivity index is 1.48. The van der Waals surface area contributed by atoms with Gasteiger partial charge in [0.15, 0.2) is 0 Å². The summed E-state index contributed by atoms with van der Waals surface area (Å²) < 4.78 is 70.6. The molecular weight excluding hydrogens is 513 g/mol. The molecule has 1 aliphatic rings. The third-order valence-corrected chi connectivity index (χ3v) is 8.15. The molecule has 37 heavy (non-hydrogen) atoms. The van der Waals surface area contributed by atoms with E-state index < -0.39 is 33.1 Å². The lowest BCUT2D eigenvalue weighted by Crippen LogP contribution is -2.53. The van der Waals surface area contributed by atoms with E-state index in [4.69, 9.17) is 9.84 Å². The molecule has 8 nitrogen and oxygen atoms in total. The van der Waals surface area contributed by atoms with Crippen LogP contribution in [0.15, 0.2) is 53.4 Å². The van der Waals surface area contributed by atoms with Crippen molar-refractivity contribution in [2.24, 2.45) is 5.41 Å². The smallest absolute Gasteiger partial charge is 0.416 e. The van der Waals surface area contributed by atoms with Gasteiger partial charge in [-0.3, -0.25) is 4.79 Å². The van der Waals surface area contributed by atoms with Gasteiger partial charge in [-0.2, -0.15) is 17.5 Å². The van der Waals surface area contributed by atoms with Gasteiger partial charge in [-0.25, -0.2) is 13.2 Å². The van der Waals surface area contributed by atoms with E-state index in [2.05, 4.69) is 0 Å². The summed E-state index contributed by atoms with van der Waals surface area (Å²) in [6, 6.07) is 9.40. The van der Waals surface area contributed by atoms with Crippen molar-refractivity contribution in [1.29, 1.82) is 0 Å². The summed E-state index contributed by atoms with van der Waals surface area (Å²) in [6.45, 7) is 4.48. The van der Waals surface area contributed by atoms with Crippen LogP contribution in [-0.2, 0) is 21.0 Å². The highest BCUT2D eigenvalue weighted by Gasteiger charge is 2.36. The maximum absolute atomic E-state index is 13.1. The third-order valence-electron chi connectivity index (χ3n) is 6.24. The molecule has 1 heterocycles. The molecule has 0 unspecified atom stereocenters. The number of hydrogen-bond donors (Lipinski definition) is 1. The zero-order valence-corrected chi connectivity index (χ0v) is 21.3. The highest BCUT2D eigenvalue weighted by Crippen LogP contribution is 2.31. The number of halogens is 3. The Morgan fingerprint density at radius 3 is 2.03 bits per heavy atom. The fourth-order valence-electron chi connectivity index (χ4n) is 4.03.